The third-order valence-corrected chi connectivity index (χ3v) is 4.14. The smallest absolute Gasteiger partial charge is 0.126 e. The van der Waals surface area contributed by atoms with Crippen LogP contribution in [-0.2, 0) is 6.54 Å². The van der Waals surface area contributed by atoms with E-state index in [0.29, 0.717) is 19.4 Å². The molecule has 1 rings (SSSR count). The van der Waals surface area contributed by atoms with Gasteiger partial charge in [0.25, 0.3) is 0 Å². The Hall–Kier alpha value is -0.580. The Bertz CT molecular complexity index is 431. The molecule has 0 fully saturated rings. The van der Waals surface area contributed by atoms with Gasteiger partial charge in [-0.05, 0) is 44.0 Å². The number of hydrogen-bond acceptors (Lipinski definition) is 3. The third-order valence-electron chi connectivity index (χ3n) is 3.68. The molecule has 0 atom stereocenters. The van der Waals surface area contributed by atoms with E-state index < -0.39 is 5.60 Å². The molecule has 0 aliphatic carbocycles. The fraction of sp³-hybridized carbons (Fsp3) is 0.625. The first-order valence-electron chi connectivity index (χ1n) is 7.30. The highest BCUT2D eigenvalue weighted by Gasteiger charge is 2.24. The number of hydrogen-bond donors (Lipinski definition) is 2. The second kappa shape index (κ2) is 8.01. The number of halogens is 1. The van der Waals surface area contributed by atoms with E-state index in [1.165, 1.54) is 0 Å². The molecule has 0 unspecified atom stereocenters. The van der Waals surface area contributed by atoms with Gasteiger partial charge in [0.1, 0.15) is 12.4 Å². The van der Waals surface area contributed by atoms with Gasteiger partial charge in [0, 0.05) is 16.6 Å². The van der Waals surface area contributed by atoms with Crippen LogP contribution in [0.25, 0.3) is 0 Å². The molecule has 4 heteroatoms. The minimum Gasteiger partial charge on any atom is -0.490 e. The predicted molar refractivity (Wildman–Crippen MR) is 87.3 cm³/mol. The molecule has 0 aliphatic rings. The zero-order valence-corrected chi connectivity index (χ0v) is 14.5. The third kappa shape index (κ3) is 4.76. The summed E-state index contributed by atoms with van der Waals surface area (Å²) in [5, 5.41) is 13.7. The van der Waals surface area contributed by atoms with Gasteiger partial charge in [-0.1, -0.05) is 36.7 Å². The summed E-state index contributed by atoms with van der Waals surface area (Å²) in [7, 11) is 0. The van der Waals surface area contributed by atoms with Gasteiger partial charge < -0.3 is 15.2 Å². The van der Waals surface area contributed by atoms with E-state index in [0.717, 1.165) is 34.4 Å². The number of rotatable bonds is 8. The van der Waals surface area contributed by atoms with Crippen molar-refractivity contribution in [2.75, 3.05) is 13.2 Å². The number of benzene rings is 1. The van der Waals surface area contributed by atoms with Crippen LogP contribution >= 0.6 is 15.9 Å². The Morgan fingerprint density at radius 2 is 1.90 bits per heavy atom. The van der Waals surface area contributed by atoms with E-state index in [2.05, 4.69) is 34.2 Å². The molecule has 1 aromatic rings. The highest BCUT2D eigenvalue weighted by molar-refractivity contribution is 9.10. The number of aryl methyl sites for hydroxylation is 1. The molecule has 0 aliphatic heterocycles. The van der Waals surface area contributed by atoms with Gasteiger partial charge in [0.15, 0.2) is 0 Å². The Kier molecular flexibility index (Phi) is 7.00. The molecule has 0 saturated heterocycles. The molecule has 0 aromatic heterocycles. The highest BCUT2D eigenvalue weighted by atomic mass is 79.9. The lowest BCUT2D eigenvalue weighted by molar-refractivity contribution is -0.0118. The summed E-state index contributed by atoms with van der Waals surface area (Å²) >= 11 is 3.52. The van der Waals surface area contributed by atoms with Crippen molar-refractivity contribution in [2.45, 2.75) is 52.7 Å². The van der Waals surface area contributed by atoms with E-state index in [1.807, 2.05) is 26.8 Å². The molecular weight excluding hydrogens is 318 g/mol. The minimum atomic E-state index is -0.741. The van der Waals surface area contributed by atoms with Gasteiger partial charge in [-0.25, -0.2) is 0 Å². The van der Waals surface area contributed by atoms with Crippen molar-refractivity contribution in [1.82, 2.24) is 5.32 Å². The summed E-state index contributed by atoms with van der Waals surface area (Å²) in [6.07, 6.45) is 1.39. The standard InChI is InChI=1S/C16H26BrNO2/c1-5-16(19,6-2)11-20-15-12(4)8-14(17)9-13(15)10-18-7-3/h8-9,18-19H,5-7,10-11H2,1-4H3. The van der Waals surface area contributed by atoms with Crippen molar-refractivity contribution >= 4 is 15.9 Å². The summed E-state index contributed by atoms with van der Waals surface area (Å²) in [5.41, 5.74) is 1.46. The summed E-state index contributed by atoms with van der Waals surface area (Å²) in [5.74, 6) is 0.884. The van der Waals surface area contributed by atoms with Crippen LogP contribution in [0, 0.1) is 6.92 Å². The number of ether oxygens (including phenoxy) is 1. The molecule has 0 radical (unpaired) electrons. The van der Waals surface area contributed by atoms with Crippen molar-refractivity contribution in [3.05, 3.63) is 27.7 Å². The molecule has 0 bridgehead atoms. The first-order valence-corrected chi connectivity index (χ1v) is 8.10. The maximum Gasteiger partial charge on any atom is 0.126 e. The molecule has 3 nitrogen and oxygen atoms in total. The fourth-order valence-corrected chi connectivity index (χ4v) is 2.68. The van der Waals surface area contributed by atoms with Crippen molar-refractivity contribution in [1.29, 1.82) is 0 Å². The first kappa shape index (κ1) is 17.5. The van der Waals surface area contributed by atoms with Gasteiger partial charge in [-0.2, -0.15) is 0 Å². The van der Waals surface area contributed by atoms with Crippen LogP contribution in [0.2, 0.25) is 0 Å². The average Bonchev–Trinajstić information content (AvgIpc) is 2.43. The molecular formula is C16H26BrNO2. The van der Waals surface area contributed by atoms with Crippen LogP contribution in [0.3, 0.4) is 0 Å². The highest BCUT2D eigenvalue weighted by Crippen LogP contribution is 2.29. The van der Waals surface area contributed by atoms with Crippen molar-refractivity contribution < 1.29 is 9.84 Å². The summed E-state index contributed by atoms with van der Waals surface area (Å²) < 4.78 is 7.01. The lowest BCUT2D eigenvalue weighted by Gasteiger charge is -2.26. The largest absolute Gasteiger partial charge is 0.490 e. The van der Waals surface area contributed by atoms with Crippen molar-refractivity contribution in [3.63, 3.8) is 0 Å². The Balaban J connectivity index is 2.92. The van der Waals surface area contributed by atoms with Gasteiger partial charge in [0.2, 0.25) is 0 Å². The van der Waals surface area contributed by atoms with Crippen LogP contribution in [0.15, 0.2) is 16.6 Å². The van der Waals surface area contributed by atoms with E-state index in [4.69, 9.17) is 4.74 Å². The zero-order chi connectivity index (χ0) is 15.2. The summed E-state index contributed by atoms with van der Waals surface area (Å²) in [6, 6.07) is 4.11. The molecule has 114 valence electrons. The quantitative estimate of drug-likeness (QED) is 0.754. The first-order chi connectivity index (χ1) is 9.45. The molecule has 1 aromatic carbocycles. The second-order valence-corrected chi connectivity index (χ2v) is 6.13. The van der Waals surface area contributed by atoms with Crippen LogP contribution in [0.4, 0.5) is 0 Å². The van der Waals surface area contributed by atoms with E-state index in [1.54, 1.807) is 0 Å². The molecule has 2 N–H and O–H groups in total. The Morgan fingerprint density at radius 3 is 2.45 bits per heavy atom. The maximum atomic E-state index is 10.4. The van der Waals surface area contributed by atoms with E-state index in [-0.39, 0.29) is 0 Å². The van der Waals surface area contributed by atoms with Crippen molar-refractivity contribution in [3.8, 4) is 5.75 Å². The van der Waals surface area contributed by atoms with Gasteiger partial charge in [-0.15, -0.1) is 0 Å². The molecule has 0 heterocycles. The molecule has 0 saturated carbocycles. The maximum absolute atomic E-state index is 10.4. The SMILES string of the molecule is CCNCc1cc(Br)cc(C)c1OCC(O)(CC)CC. The number of nitrogens with one attached hydrogen (secondary N) is 1. The van der Waals surface area contributed by atoms with Crippen LogP contribution < -0.4 is 10.1 Å². The van der Waals surface area contributed by atoms with Gasteiger partial charge in [-0.3, -0.25) is 0 Å². The molecule has 0 amide bonds. The molecule has 20 heavy (non-hydrogen) atoms. The topological polar surface area (TPSA) is 41.5 Å². The second-order valence-electron chi connectivity index (χ2n) is 5.21. The van der Waals surface area contributed by atoms with E-state index in [9.17, 15) is 5.11 Å². The fourth-order valence-electron chi connectivity index (χ4n) is 2.06. The molecule has 0 spiro atoms. The minimum absolute atomic E-state index is 0.335. The summed E-state index contributed by atoms with van der Waals surface area (Å²) in [4.78, 5) is 0. The zero-order valence-electron chi connectivity index (χ0n) is 12.9. The lowest BCUT2D eigenvalue weighted by atomic mass is 9.99. The predicted octanol–water partition coefficient (Wildman–Crippen LogP) is 3.80. The normalized spacial score (nSPS) is 11.7. The Labute approximate surface area is 130 Å². The van der Waals surface area contributed by atoms with Crippen LogP contribution in [0.5, 0.6) is 5.75 Å². The number of aliphatic hydroxyl groups is 1. The van der Waals surface area contributed by atoms with Crippen LogP contribution in [0.1, 0.15) is 44.7 Å². The summed E-state index contributed by atoms with van der Waals surface area (Å²) in [6.45, 7) is 10.1. The van der Waals surface area contributed by atoms with E-state index >= 15 is 0 Å². The average molecular weight is 344 g/mol. The van der Waals surface area contributed by atoms with Crippen molar-refractivity contribution in [2.24, 2.45) is 0 Å². The Morgan fingerprint density at radius 1 is 1.25 bits per heavy atom. The van der Waals surface area contributed by atoms with Gasteiger partial charge >= 0.3 is 0 Å². The monoisotopic (exact) mass is 343 g/mol. The van der Waals surface area contributed by atoms with Crippen LogP contribution in [-0.4, -0.2) is 23.9 Å². The lowest BCUT2D eigenvalue weighted by Crippen LogP contribution is -2.34. The van der Waals surface area contributed by atoms with Gasteiger partial charge in [0.05, 0.1) is 5.60 Å².